The molecular weight excluding hydrogens is 471 g/mol. The summed E-state index contributed by atoms with van der Waals surface area (Å²) >= 11 is 0. The molecule has 0 fully saturated rings. The molecule has 0 saturated carbocycles. The summed E-state index contributed by atoms with van der Waals surface area (Å²) in [6.07, 6.45) is -0.997. The van der Waals surface area contributed by atoms with Gasteiger partial charge in [0, 0.05) is 28.0 Å². The minimum Gasteiger partial charge on any atom is -0.494 e. The van der Waals surface area contributed by atoms with Crippen LogP contribution in [-0.2, 0) is 23.2 Å². The van der Waals surface area contributed by atoms with Crippen LogP contribution in [0.3, 0.4) is 0 Å². The second-order valence-electron chi connectivity index (χ2n) is 8.51. The van der Waals surface area contributed by atoms with Gasteiger partial charge in [-0.1, -0.05) is 13.2 Å². The molecule has 0 N–H and O–H groups in total. The summed E-state index contributed by atoms with van der Waals surface area (Å²) in [5.41, 5.74) is 0.302. The van der Waals surface area contributed by atoms with Gasteiger partial charge in [0.15, 0.2) is 5.75 Å². The van der Waals surface area contributed by atoms with E-state index in [1.165, 1.54) is 19.9 Å². The lowest BCUT2D eigenvalue weighted by atomic mass is 10.1. The predicted octanol–water partition coefficient (Wildman–Crippen LogP) is 5.87. The Morgan fingerprint density at radius 3 is 1.91 bits per heavy atom. The van der Waals surface area contributed by atoms with Crippen LogP contribution in [0.4, 0.5) is 0 Å². The maximum absolute atomic E-state index is 14.2. The molecule has 2 aromatic rings. The Kier molecular flexibility index (Phi) is 9.44. The fourth-order valence-corrected chi connectivity index (χ4v) is 5.12. The summed E-state index contributed by atoms with van der Waals surface area (Å²) < 4.78 is 42.6. The highest BCUT2D eigenvalue weighted by Crippen LogP contribution is 2.54. The van der Waals surface area contributed by atoms with Gasteiger partial charge in [-0.2, -0.15) is 0 Å². The summed E-state index contributed by atoms with van der Waals surface area (Å²) in [5, 5.41) is 0.667. The van der Waals surface area contributed by atoms with Crippen molar-refractivity contribution in [3.8, 4) is 17.2 Å². The van der Waals surface area contributed by atoms with Crippen LogP contribution in [0.15, 0.2) is 48.6 Å². The van der Waals surface area contributed by atoms with Gasteiger partial charge in [-0.05, 0) is 66.7 Å². The van der Waals surface area contributed by atoms with Gasteiger partial charge in [-0.15, -0.1) is 0 Å². The van der Waals surface area contributed by atoms with Gasteiger partial charge in [-0.3, -0.25) is 4.57 Å². The molecule has 0 bridgehead atoms. The summed E-state index contributed by atoms with van der Waals surface area (Å²) in [4.78, 5) is 25.0. The van der Waals surface area contributed by atoms with Crippen molar-refractivity contribution in [3.05, 3.63) is 48.6 Å². The lowest BCUT2D eigenvalue weighted by molar-refractivity contribution is -0.131. The third-order valence-corrected chi connectivity index (χ3v) is 6.72. The first kappa shape index (κ1) is 28.3. The first-order chi connectivity index (χ1) is 16.3. The molecule has 0 heterocycles. The van der Waals surface area contributed by atoms with Crippen LogP contribution < -0.4 is 19.5 Å². The quantitative estimate of drug-likeness (QED) is 0.162. The van der Waals surface area contributed by atoms with Crippen molar-refractivity contribution in [2.45, 2.75) is 60.7 Å². The number of benzene rings is 2. The van der Waals surface area contributed by atoms with E-state index in [1.807, 2.05) is 6.92 Å². The predicted molar refractivity (Wildman–Crippen MR) is 136 cm³/mol. The Bertz CT molecular complexity index is 1180. The second-order valence-corrected chi connectivity index (χ2v) is 10.4. The zero-order chi connectivity index (χ0) is 26.5. The third kappa shape index (κ3) is 7.04. The fourth-order valence-electron chi connectivity index (χ4n) is 3.04. The van der Waals surface area contributed by atoms with Gasteiger partial charge < -0.3 is 23.3 Å². The van der Waals surface area contributed by atoms with Crippen molar-refractivity contribution in [2.75, 3.05) is 6.61 Å². The average molecular weight is 505 g/mol. The van der Waals surface area contributed by atoms with Crippen LogP contribution in [-0.4, -0.2) is 30.8 Å². The van der Waals surface area contributed by atoms with Crippen molar-refractivity contribution >= 4 is 35.6 Å². The second kappa shape index (κ2) is 11.7. The maximum atomic E-state index is 14.2. The number of ether oxygens (including phenoxy) is 3. The molecule has 0 spiro atoms. The molecule has 2 rings (SSSR count). The van der Waals surface area contributed by atoms with Gasteiger partial charge >= 0.3 is 19.5 Å². The van der Waals surface area contributed by atoms with Gasteiger partial charge in [0.1, 0.15) is 16.8 Å². The van der Waals surface area contributed by atoms with Crippen LogP contribution in [0.2, 0.25) is 0 Å². The van der Waals surface area contributed by atoms with Crippen LogP contribution >= 0.6 is 7.60 Å². The molecule has 0 aromatic heterocycles. The van der Waals surface area contributed by atoms with Crippen LogP contribution in [0.25, 0.3) is 10.8 Å². The third-order valence-electron chi connectivity index (χ3n) is 4.40. The van der Waals surface area contributed by atoms with E-state index in [9.17, 15) is 14.2 Å². The van der Waals surface area contributed by atoms with E-state index in [0.29, 0.717) is 23.1 Å². The Balaban J connectivity index is 2.99. The molecule has 0 atom stereocenters. The summed E-state index contributed by atoms with van der Waals surface area (Å²) in [6, 6.07) is 6.26. The van der Waals surface area contributed by atoms with Crippen molar-refractivity contribution in [3.63, 3.8) is 0 Å². The largest absolute Gasteiger partial charge is 0.494 e. The fraction of sp³-hybridized carbons (Fsp3) is 0.385. The zero-order valence-electron chi connectivity index (χ0n) is 21.3. The van der Waals surface area contributed by atoms with Crippen LogP contribution in [0.5, 0.6) is 17.2 Å². The summed E-state index contributed by atoms with van der Waals surface area (Å²) in [7, 11) is -4.08. The smallest absolute Gasteiger partial charge is 0.365 e. The molecule has 0 unspecified atom stereocenters. The molecule has 0 saturated heterocycles. The Morgan fingerprint density at radius 1 is 0.886 bits per heavy atom. The van der Waals surface area contributed by atoms with Crippen LogP contribution in [0.1, 0.15) is 48.5 Å². The highest BCUT2D eigenvalue weighted by molar-refractivity contribution is 7.62. The van der Waals surface area contributed by atoms with Crippen LogP contribution in [0, 0.1) is 0 Å². The van der Waals surface area contributed by atoms with E-state index in [1.54, 1.807) is 45.9 Å². The molecule has 0 amide bonds. The highest BCUT2D eigenvalue weighted by Gasteiger charge is 2.37. The van der Waals surface area contributed by atoms with E-state index in [2.05, 4.69) is 13.2 Å². The number of fused-ring (bicyclic) bond motifs is 1. The minimum absolute atomic E-state index is 0.0456. The molecule has 35 heavy (non-hydrogen) atoms. The van der Waals surface area contributed by atoms with E-state index in [-0.39, 0.29) is 27.9 Å². The number of rotatable bonds is 11. The first-order valence-electron chi connectivity index (χ1n) is 11.2. The lowest BCUT2D eigenvalue weighted by Gasteiger charge is -2.26. The van der Waals surface area contributed by atoms with E-state index >= 15 is 0 Å². The zero-order valence-corrected chi connectivity index (χ0v) is 22.2. The standard InChI is InChI=1S/C26H33O8P/c1-10-30-19-11-12-20-21(13-19)22(31-25(27)15(2)3)14-23(24(20)32-26(28)16(4)5)35(29,33-17(6)7)34-18(8)9/h11-14,17-18H,2,4,10H2,1,3,5-9H3. The number of esters is 2. The van der Waals surface area contributed by atoms with Crippen molar-refractivity contribution in [1.82, 2.24) is 0 Å². The van der Waals surface area contributed by atoms with E-state index in [4.69, 9.17) is 23.3 Å². The van der Waals surface area contributed by atoms with E-state index in [0.717, 1.165) is 0 Å². The lowest BCUT2D eigenvalue weighted by Crippen LogP contribution is -2.22. The molecule has 8 nitrogen and oxygen atoms in total. The van der Waals surface area contributed by atoms with Crippen molar-refractivity contribution < 1.29 is 37.4 Å². The Morgan fingerprint density at radius 2 is 1.43 bits per heavy atom. The topological polar surface area (TPSA) is 97.4 Å². The summed E-state index contributed by atoms with van der Waals surface area (Å²) in [5.74, 6) is -0.906. The van der Waals surface area contributed by atoms with Gasteiger partial charge in [0.2, 0.25) is 0 Å². The number of carbonyl (C=O) groups excluding carboxylic acids is 2. The monoisotopic (exact) mass is 504 g/mol. The van der Waals surface area contributed by atoms with Gasteiger partial charge in [0.25, 0.3) is 0 Å². The minimum atomic E-state index is -4.08. The number of carbonyl (C=O) groups is 2. The molecule has 2 aromatic carbocycles. The van der Waals surface area contributed by atoms with E-state index < -0.39 is 31.7 Å². The number of hydrogen-bond acceptors (Lipinski definition) is 8. The van der Waals surface area contributed by atoms with Crippen molar-refractivity contribution in [1.29, 1.82) is 0 Å². The maximum Gasteiger partial charge on any atom is 0.365 e. The first-order valence-corrected chi connectivity index (χ1v) is 12.8. The Hall–Kier alpha value is -2.93. The molecular formula is C26H33O8P. The average Bonchev–Trinajstić information content (AvgIpc) is 2.73. The molecule has 0 radical (unpaired) electrons. The molecule has 0 aliphatic heterocycles. The number of hydrogen-bond donors (Lipinski definition) is 0. The molecule has 190 valence electrons. The van der Waals surface area contributed by atoms with Gasteiger partial charge in [0.05, 0.1) is 18.8 Å². The van der Waals surface area contributed by atoms with Gasteiger partial charge in [-0.25, -0.2) is 9.59 Å². The normalized spacial score (nSPS) is 11.6. The SMILES string of the molecule is C=C(C)C(=O)Oc1cc(P(=O)(OC(C)C)OC(C)C)c(OC(=O)C(=C)C)c2ccc(OCC)cc12. The molecule has 9 heteroatoms. The molecule has 0 aliphatic rings. The molecule has 0 aliphatic carbocycles. The van der Waals surface area contributed by atoms with Crippen molar-refractivity contribution in [2.24, 2.45) is 0 Å². The highest BCUT2D eigenvalue weighted by atomic mass is 31.2. The summed E-state index contributed by atoms with van der Waals surface area (Å²) in [6.45, 7) is 19.3. The Labute approximate surface area is 206 Å².